The lowest BCUT2D eigenvalue weighted by molar-refractivity contribution is -0.143. The summed E-state index contributed by atoms with van der Waals surface area (Å²) in [5, 5.41) is 9.10. The zero-order valence-corrected chi connectivity index (χ0v) is 10.9. The molecule has 0 amide bonds. The molecule has 18 heavy (non-hydrogen) atoms. The van der Waals surface area contributed by atoms with Gasteiger partial charge in [-0.05, 0) is 42.9 Å². The number of hydrogen-bond acceptors (Lipinski definition) is 2. The number of benzene rings is 1. The van der Waals surface area contributed by atoms with Crippen molar-refractivity contribution in [1.82, 2.24) is 0 Å². The largest absolute Gasteiger partial charge is 0.490 e. The van der Waals surface area contributed by atoms with Gasteiger partial charge in [-0.25, -0.2) is 0 Å². The third-order valence-electron chi connectivity index (χ3n) is 3.60. The van der Waals surface area contributed by atoms with Crippen LogP contribution in [0.1, 0.15) is 44.6 Å². The monoisotopic (exact) mass is 248 g/mol. The molecular weight excluding hydrogens is 228 g/mol. The molecule has 1 aliphatic rings. The third-order valence-corrected chi connectivity index (χ3v) is 3.60. The first kappa shape index (κ1) is 12.9. The molecule has 0 spiro atoms. The van der Waals surface area contributed by atoms with E-state index in [4.69, 9.17) is 9.84 Å². The SMILES string of the molecule is CC(C)c1ccc(OC2CCCC2C(=O)O)cc1. The van der Waals surface area contributed by atoms with Gasteiger partial charge in [-0.3, -0.25) is 4.79 Å². The van der Waals surface area contributed by atoms with Gasteiger partial charge in [0.15, 0.2) is 0 Å². The first-order chi connectivity index (χ1) is 8.58. The highest BCUT2D eigenvalue weighted by Gasteiger charge is 2.34. The second-order valence-electron chi connectivity index (χ2n) is 5.26. The zero-order valence-electron chi connectivity index (χ0n) is 10.9. The highest BCUT2D eigenvalue weighted by atomic mass is 16.5. The number of rotatable bonds is 4. The Bertz CT molecular complexity index is 408. The van der Waals surface area contributed by atoms with Crippen LogP contribution in [0.2, 0.25) is 0 Å². The molecule has 3 heteroatoms. The van der Waals surface area contributed by atoms with E-state index in [9.17, 15) is 4.79 Å². The van der Waals surface area contributed by atoms with Gasteiger partial charge in [-0.2, -0.15) is 0 Å². The minimum atomic E-state index is -0.740. The Kier molecular flexibility index (Phi) is 3.90. The first-order valence-corrected chi connectivity index (χ1v) is 6.57. The second kappa shape index (κ2) is 5.42. The summed E-state index contributed by atoms with van der Waals surface area (Å²) in [5.74, 6) is 0.181. The van der Waals surface area contributed by atoms with Crippen LogP contribution in [0, 0.1) is 5.92 Å². The second-order valence-corrected chi connectivity index (χ2v) is 5.26. The van der Waals surface area contributed by atoms with Crippen LogP contribution in [0.4, 0.5) is 0 Å². The number of carboxylic acid groups (broad SMARTS) is 1. The molecule has 0 radical (unpaired) electrons. The van der Waals surface area contributed by atoms with Gasteiger partial charge in [-0.1, -0.05) is 26.0 Å². The standard InChI is InChI=1S/C15H20O3/c1-10(2)11-6-8-12(9-7-11)18-14-5-3-4-13(14)15(16)17/h6-10,13-14H,3-5H2,1-2H3,(H,16,17). The molecule has 0 bridgehead atoms. The van der Waals surface area contributed by atoms with Crippen LogP contribution < -0.4 is 4.74 Å². The molecule has 0 aromatic heterocycles. The Morgan fingerprint density at radius 1 is 1.28 bits per heavy atom. The van der Waals surface area contributed by atoms with Crippen molar-refractivity contribution in [2.24, 2.45) is 5.92 Å². The van der Waals surface area contributed by atoms with Gasteiger partial charge in [-0.15, -0.1) is 0 Å². The van der Waals surface area contributed by atoms with E-state index in [1.165, 1.54) is 5.56 Å². The van der Waals surface area contributed by atoms with Crippen LogP contribution >= 0.6 is 0 Å². The van der Waals surface area contributed by atoms with Crippen molar-refractivity contribution in [3.05, 3.63) is 29.8 Å². The average molecular weight is 248 g/mol. The van der Waals surface area contributed by atoms with Gasteiger partial charge in [0, 0.05) is 0 Å². The Hall–Kier alpha value is -1.51. The number of carboxylic acids is 1. The molecule has 1 fully saturated rings. The summed E-state index contributed by atoms with van der Waals surface area (Å²) >= 11 is 0. The molecule has 0 aliphatic heterocycles. The van der Waals surface area contributed by atoms with E-state index >= 15 is 0 Å². The molecule has 3 nitrogen and oxygen atoms in total. The molecule has 1 aromatic carbocycles. The molecule has 98 valence electrons. The van der Waals surface area contributed by atoms with E-state index in [1.807, 2.05) is 24.3 Å². The molecule has 0 heterocycles. The summed E-state index contributed by atoms with van der Waals surface area (Å²) in [4.78, 5) is 11.1. The van der Waals surface area contributed by atoms with Crippen LogP contribution in [0.3, 0.4) is 0 Å². The summed E-state index contributed by atoms with van der Waals surface area (Å²) < 4.78 is 5.80. The van der Waals surface area contributed by atoms with Gasteiger partial charge in [0.25, 0.3) is 0 Å². The maximum Gasteiger partial charge on any atom is 0.310 e. The molecule has 1 aliphatic carbocycles. The summed E-state index contributed by atoms with van der Waals surface area (Å²) in [6.07, 6.45) is 2.32. The van der Waals surface area contributed by atoms with E-state index in [-0.39, 0.29) is 12.0 Å². The highest BCUT2D eigenvalue weighted by molar-refractivity contribution is 5.71. The number of ether oxygens (including phenoxy) is 1. The van der Waals surface area contributed by atoms with Crippen LogP contribution in [-0.4, -0.2) is 17.2 Å². The lowest BCUT2D eigenvalue weighted by Gasteiger charge is -2.18. The number of carbonyl (C=O) groups is 1. The van der Waals surface area contributed by atoms with Crippen molar-refractivity contribution < 1.29 is 14.6 Å². The Morgan fingerprint density at radius 3 is 2.50 bits per heavy atom. The van der Waals surface area contributed by atoms with Crippen LogP contribution in [-0.2, 0) is 4.79 Å². The topological polar surface area (TPSA) is 46.5 Å². The van der Waals surface area contributed by atoms with E-state index in [0.29, 0.717) is 5.92 Å². The fourth-order valence-corrected chi connectivity index (χ4v) is 2.46. The van der Waals surface area contributed by atoms with Crippen LogP contribution in [0.15, 0.2) is 24.3 Å². The Balaban J connectivity index is 2.03. The maximum absolute atomic E-state index is 11.1. The van der Waals surface area contributed by atoms with E-state index in [2.05, 4.69) is 13.8 Å². The molecule has 1 aromatic rings. The fraction of sp³-hybridized carbons (Fsp3) is 0.533. The summed E-state index contributed by atoms with van der Waals surface area (Å²) in [6.45, 7) is 4.29. The van der Waals surface area contributed by atoms with Crippen LogP contribution in [0.25, 0.3) is 0 Å². The molecule has 1 saturated carbocycles. The smallest absolute Gasteiger partial charge is 0.310 e. The van der Waals surface area contributed by atoms with E-state index < -0.39 is 5.97 Å². The quantitative estimate of drug-likeness (QED) is 0.887. The van der Waals surface area contributed by atoms with Gasteiger partial charge in [0.05, 0.1) is 5.92 Å². The normalized spacial score (nSPS) is 23.3. The highest BCUT2D eigenvalue weighted by Crippen LogP contribution is 2.30. The minimum Gasteiger partial charge on any atom is -0.490 e. The first-order valence-electron chi connectivity index (χ1n) is 6.57. The zero-order chi connectivity index (χ0) is 13.1. The Morgan fingerprint density at radius 2 is 1.94 bits per heavy atom. The van der Waals surface area contributed by atoms with Crippen molar-refractivity contribution >= 4 is 5.97 Å². The van der Waals surface area contributed by atoms with Gasteiger partial charge in [0.2, 0.25) is 0 Å². The average Bonchev–Trinajstić information content (AvgIpc) is 2.78. The molecule has 0 saturated heterocycles. The minimum absolute atomic E-state index is 0.174. The Labute approximate surface area is 108 Å². The van der Waals surface area contributed by atoms with Crippen molar-refractivity contribution in [2.75, 3.05) is 0 Å². The van der Waals surface area contributed by atoms with Gasteiger partial charge in [0.1, 0.15) is 11.9 Å². The number of aliphatic carboxylic acids is 1. The number of hydrogen-bond donors (Lipinski definition) is 1. The van der Waals surface area contributed by atoms with Gasteiger partial charge < -0.3 is 9.84 Å². The van der Waals surface area contributed by atoms with Gasteiger partial charge >= 0.3 is 5.97 Å². The summed E-state index contributed by atoms with van der Waals surface area (Å²) in [7, 11) is 0. The van der Waals surface area contributed by atoms with E-state index in [1.54, 1.807) is 0 Å². The fourth-order valence-electron chi connectivity index (χ4n) is 2.46. The van der Waals surface area contributed by atoms with Crippen molar-refractivity contribution in [2.45, 2.75) is 45.1 Å². The summed E-state index contributed by atoms with van der Waals surface area (Å²) in [6, 6.07) is 7.97. The third kappa shape index (κ3) is 2.84. The molecule has 2 atom stereocenters. The molecule has 2 unspecified atom stereocenters. The molecule has 2 rings (SSSR count). The lowest BCUT2D eigenvalue weighted by atomic mass is 10.0. The molecule has 1 N–H and O–H groups in total. The van der Waals surface area contributed by atoms with Crippen molar-refractivity contribution in [3.63, 3.8) is 0 Å². The van der Waals surface area contributed by atoms with E-state index in [0.717, 1.165) is 25.0 Å². The molecular formula is C15H20O3. The predicted molar refractivity (Wildman–Crippen MR) is 69.9 cm³/mol. The predicted octanol–water partition coefficient (Wildman–Crippen LogP) is 3.44. The van der Waals surface area contributed by atoms with Crippen LogP contribution in [0.5, 0.6) is 5.75 Å². The lowest BCUT2D eigenvalue weighted by Crippen LogP contribution is -2.27. The van der Waals surface area contributed by atoms with Crippen molar-refractivity contribution in [3.8, 4) is 5.75 Å². The maximum atomic E-state index is 11.1. The van der Waals surface area contributed by atoms with Crippen molar-refractivity contribution in [1.29, 1.82) is 0 Å². The summed E-state index contributed by atoms with van der Waals surface area (Å²) in [5.41, 5.74) is 1.27.